The van der Waals surface area contributed by atoms with Crippen LogP contribution < -0.4 is 10.6 Å². The highest BCUT2D eigenvalue weighted by atomic mass is 35.5. The molecule has 0 bridgehead atoms. The summed E-state index contributed by atoms with van der Waals surface area (Å²) in [4.78, 5) is 12.0. The Morgan fingerprint density at radius 1 is 1.38 bits per heavy atom. The molecule has 0 spiro atoms. The lowest BCUT2D eigenvalue weighted by molar-refractivity contribution is -0.120. The number of amides is 1. The zero-order valence-electron chi connectivity index (χ0n) is 13.1. The molecule has 1 fully saturated rings. The van der Waals surface area contributed by atoms with Gasteiger partial charge in [-0.25, -0.2) is 0 Å². The van der Waals surface area contributed by atoms with Gasteiger partial charge in [-0.05, 0) is 63.2 Å². The maximum atomic E-state index is 12.0. The van der Waals surface area contributed by atoms with E-state index in [0.29, 0.717) is 6.42 Å². The predicted molar refractivity (Wildman–Crippen MR) is 90.1 cm³/mol. The number of carbonyl (C=O) groups is 1. The van der Waals surface area contributed by atoms with Gasteiger partial charge in [0.05, 0.1) is 6.42 Å². The largest absolute Gasteiger partial charge is 0.356 e. The van der Waals surface area contributed by atoms with E-state index in [1.54, 1.807) is 0 Å². The van der Waals surface area contributed by atoms with E-state index < -0.39 is 0 Å². The molecule has 118 valence electrons. The van der Waals surface area contributed by atoms with Crippen LogP contribution in [0.1, 0.15) is 36.0 Å². The van der Waals surface area contributed by atoms with Crippen LogP contribution in [0.15, 0.2) is 18.2 Å². The van der Waals surface area contributed by atoms with Gasteiger partial charge in [-0.1, -0.05) is 23.8 Å². The third-order valence-electron chi connectivity index (χ3n) is 4.13. The molecule has 4 heteroatoms. The third-order valence-corrected chi connectivity index (χ3v) is 4.13. The Hall–Kier alpha value is -1.06. The first-order chi connectivity index (χ1) is 9.65. The molecule has 1 aromatic carbocycles. The van der Waals surface area contributed by atoms with Crippen molar-refractivity contribution in [2.75, 3.05) is 19.6 Å². The van der Waals surface area contributed by atoms with Gasteiger partial charge in [0.1, 0.15) is 0 Å². The molecule has 0 aromatic heterocycles. The minimum Gasteiger partial charge on any atom is -0.356 e. The van der Waals surface area contributed by atoms with Gasteiger partial charge in [0.25, 0.3) is 0 Å². The van der Waals surface area contributed by atoms with Crippen molar-refractivity contribution in [2.24, 2.45) is 5.92 Å². The average Bonchev–Trinajstić information content (AvgIpc) is 2.44. The molecule has 1 atom stereocenters. The predicted octanol–water partition coefficient (Wildman–Crippen LogP) is 2.77. The van der Waals surface area contributed by atoms with Crippen molar-refractivity contribution in [3.8, 4) is 0 Å². The van der Waals surface area contributed by atoms with Crippen LogP contribution in [0.5, 0.6) is 0 Å². The van der Waals surface area contributed by atoms with Crippen LogP contribution >= 0.6 is 12.4 Å². The van der Waals surface area contributed by atoms with Crippen molar-refractivity contribution in [1.29, 1.82) is 0 Å². The first kappa shape index (κ1) is 18.0. The van der Waals surface area contributed by atoms with Gasteiger partial charge in [0.2, 0.25) is 5.91 Å². The molecule has 2 rings (SSSR count). The van der Waals surface area contributed by atoms with Crippen molar-refractivity contribution >= 4 is 18.3 Å². The fraction of sp³-hybridized carbons (Fsp3) is 0.588. The second-order valence-electron chi connectivity index (χ2n) is 5.96. The van der Waals surface area contributed by atoms with E-state index in [1.165, 1.54) is 24.0 Å². The lowest BCUT2D eigenvalue weighted by Gasteiger charge is -2.22. The number of hydrogen-bond acceptors (Lipinski definition) is 2. The maximum Gasteiger partial charge on any atom is 0.224 e. The summed E-state index contributed by atoms with van der Waals surface area (Å²) in [6.45, 7) is 7.19. The van der Waals surface area contributed by atoms with E-state index in [1.807, 2.05) is 0 Å². The summed E-state index contributed by atoms with van der Waals surface area (Å²) in [5.41, 5.74) is 3.55. The Bertz CT molecular complexity index is 456. The fourth-order valence-corrected chi connectivity index (χ4v) is 2.81. The first-order valence-corrected chi connectivity index (χ1v) is 7.68. The van der Waals surface area contributed by atoms with E-state index >= 15 is 0 Å². The Balaban J connectivity index is 0.00000220. The van der Waals surface area contributed by atoms with Crippen LogP contribution in [0.25, 0.3) is 0 Å². The number of benzene rings is 1. The Kier molecular flexibility index (Phi) is 7.76. The number of hydrogen-bond donors (Lipinski definition) is 2. The van der Waals surface area contributed by atoms with Gasteiger partial charge < -0.3 is 10.6 Å². The van der Waals surface area contributed by atoms with Gasteiger partial charge in [0.15, 0.2) is 0 Å². The molecule has 1 aliphatic heterocycles. The van der Waals surface area contributed by atoms with Gasteiger partial charge in [0, 0.05) is 6.54 Å². The summed E-state index contributed by atoms with van der Waals surface area (Å²) in [5, 5.41) is 6.47. The summed E-state index contributed by atoms with van der Waals surface area (Å²) in [6.07, 6.45) is 4.14. The zero-order valence-corrected chi connectivity index (χ0v) is 13.9. The molecule has 1 aromatic rings. The van der Waals surface area contributed by atoms with E-state index in [2.05, 4.69) is 42.7 Å². The number of piperidine rings is 1. The summed E-state index contributed by atoms with van der Waals surface area (Å²) in [7, 11) is 0. The first-order valence-electron chi connectivity index (χ1n) is 7.68. The van der Waals surface area contributed by atoms with E-state index in [0.717, 1.165) is 37.5 Å². The Labute approximate surface area is 134 Å². The smallest absolute Gasteiger partial charge is 0.224 e. The monoisotopic (exact) mass is 310 g/mol. The maximum absolute atomic E-state index is 12.0. The van der Waals surface area contributed by atoms with Gasteiger partial charge >= 0.3 is 0 Å². The molecule has 1 unspecified atom stereocenters. The van der Waals surface area contributed by atoms with Crippen molar-refractivity contribution in [3.63, 3.8) is 0 Å². The summed E-state index contributed by atoms with van der Waals surface area (Å²) in [5.74, 6) is 0.868. The summed E-state index contributed by atoms with van der Waals surface area (Å²) in [6, 6.07) is 6.29. The number of rotatable bonds is 5. The van der Waals surface area contributed by atoms with Crippen LogP contribution in [0.4, 0.5) is 0 Å². The van der Waals surface area contributed by atoms with Crippen molar-refractivity contribution in [1.82, 2.24) is 10.6 Å². The van der Waals surface area contributed by atoms with Crippen molar-refractivity contribution in [3.05, 3.63) is 34.9 Å². The van der Waals surface area contributed by atoms with Crippen molar-refractivity contribution in [2.45, 2.75) is 39.5 Å². The SMILES string of the molecule is Cc1ccc(C)c(CC(=O)NCCC2CCCNC2)c1.Cl. The van der Waals surface area contributed by atoms with Gasteiger partial charge in [-0.15, -0.1) is 12.4 Å². The van der Waals surface area contributed by atoms with Gasteiger partial charge in [-0.3, -0.25) is 4.79 Å². The Morgan fingerprint density at radius 3 is 2.90 bits per heavy atom. The number of nitrogens with one attached hydrogen (secondary N) is 2. The van der Waals surface area contributed by atoms with E-state index in [9.17, 15) is 4.79 Å². The number of halogens is 1. The Morgan fingerprint density at radius 2 is 2.19 bits per heavy atom. The lowest BCUT2D eigenvalue weighted by atomic mass is 9.96. The average molecular weight is 311 g/mol. The van der Waals surface area contributed by atoms with Crippen LogP contribution in [0.3, 0.4) is 0 Å². The second kappa shape index (κ2) is 9.06. The highest BCUT2D eigenvalue weighted by Crippen LogP contribution is 2.13. The van der Waals surface area contributed by atoms with E-state index in [4.69, 9.17) is 0 Å². The lowest BCUT2D eigenvalue weighted by Crippen LogP contribution is -2.33. The molecular formula is C17H27ClN2O. The normalized spacial score (nSPS) is 17.9. The summed E-state index contributed by atoms with van der Waals surface area (Å²) < 4.78 is 0. The van der Waals surface area contributed by atoms with Crippen LogP contribution in [-0.4, -0.2) is 25.5 Å². The molecule has 0 radical (unpaired) electrons. The fourth-order valence-electron chi connectivity index (χ4n) is 2.81. The van der Waals surface area contributed by atoms with Crippen LogP contribution in [-0.2, 0) is 11.2 Å². The van der Waals surface area contributed by atoms with Gasteiger partial charge in [-0.2, -0.15) is 0 Å². The molecule has 21 heavy (non-hydrogen) atoms. The molecule has 0 aliphatic carbocycles. The van der Waals surface area contributed by atoms with Crippen LogP contribution in [0, 0.1) is 19.8 Å². The molecule has 3 nitrogen and oxygen atoms in total. The number of carbonyl (C=O) groups excluding carboxylic acids is 1. The molecule has 1 heterocycles. The van der Waals surface area contributed by atoms with E-state index in [-0.39, 0.29) is 18.3 Å². The van der Waals surface area contributed by atoms with Crippen LogP contribution in [0.2, 0.25) is 0 Å². The molecule has 1 saturated heterocycles. The molecular weight excluding hydrogens is 284 g/mol. The highest BCUT2D eigenvalue weighted by molar-refractivity contribution is 5.85. The number of aryl methyl sites for hydroxylation is 2. The molecule has 1 aliphatic rings. The van der Waals surface area contributed by atoms with Crippen molar-refractivity contribution < 1.29 is 4.79 Å². The quantitative estimate of drug-likeness (QED) is 0.878. The highest BCUT2D eigenvalue weighted by Gasteiger charge is 2.13. The standard InChI is InChI=1S/C17H26N2O.ClH/c1-13-5-6-14(2)16(10-13)11-17(20)19-9-7-15-4-3-8-18-12-15;/h5-6,10,15,18H,3-4,7-9,11-12H2,1-2H3,(H,19,20);1H. The molecule has 2 N–H and O–H groups in total. The topological polar surface area (TPSA) is 41.1 Å². The minimum absolute atomic E-state index is 0. The molecule has 1 amide bonds. The zero-order chi connectivity index (χ0) is 14.4. The third kappa shape index (κ3) is 6.06. The summed E-state index contributed by atoms with van der Waals surface area (Å²) >= 11 is 0. The molecule has 0 saturated carbocycles. The minimum atomic E-state index is 0. The second-order valence-corrected chi connectivity index (χ2v) is 5.96.